The summed E-state index contributed by atoms with van der Waals surface area (Å²) in [7, 11) is 0. The molecule has 1 atom stereocenters. The Kier molecular flexibility index (Phi) is 6.17. The summed E-state index contributed by atoms with van der Waals surface area (Å²) in [6.45, 7) is 4.12. The van der Waals surface area contributed by atoms with Crippen LogP contribution in [0.25, 0.3) is 0 Å². The van der Waals surface area contributed by atoms with E-state index in [-0.39, 0.29) is 11.8 Å². The van der Waals surface area contributed by atoms with Gasteiger partial charge in [0.05, 0.1) is 5.92 Å². The fourth-order valence-corrected chi connectivity index (χ4v) is 2.82. The lowest BCUT2D eigenvalue weighted by Crippen LogP contribution is -2.39. The number of likely N-dealkylation sites (tertiary alicyclic amines) is 1. The van der Waals surface area contributed by atoms with Crippen molar-refractivity contribution >= 4 is 5.91 Å². The summed E-state index contributed by atoms with van der Waals surface area (Å²) in [4.78, 5) is 18.5. The minimum Gasteiger partial charge on any atom is -0.342 e. The lowest BCUT2D eigenvalue weighted by atomic mass is 9.97. The van der Waals surface area contributed by atoms with Crippen LogP contribution in [0.5, 0.6) is 0 Å². The van der Waals surface area contributed by atoms with E-state index in [1.54, 1.807) is 0 Å². The van der Waals surface area contributed by atoms with Crippen molar-refractivity contribution in [2.24, 2.45) is 5.73 Å². The van der Waals surface area contributed by atoms with Crippen molar-refractivity contribution < 1.29 is 9.32 Å². The average molecular weight is 294 g/mol. The van der Waals surface area contributed by atoms with Gasteiger partial charge in [0.25, 0.3) is 0 Å². The van der Waals surface area contributed by atoms with Crippen LogP contribution in [0.4, 0.5) is 0 Å². The summed E-state index contributed by atoms with van der Waals surface area (Å²) in [5.41, 5.74) is 5.46. The maximum atomic E-state index is 12.2. The highest BCUT2D eigenvalue weighted by Crippen LogP contribution is 2.26. The smallest absolute Gasteiger partial charge is 0.231 e. The molecule has 2 N–H and O–H groups in total. The standard InChI is InChI=1S/C15H26N4O2/c1-12-17-15(21-18-12)13-7-6-10-19(11-13)14(20)8-4-2-3-5-9-16/h13H,2-11,16H2,1H3. The van der Waals surface area contributed by atoms with E-state index in [9.17, 15) is 4.79 Å². The summed E-state index contributed by atoms with van der Waals surface area (Å²) >= 11 is 0. The van der Waals surface area contributed by atoms with Gasteiger partial charge in [-0.3, -0.25) is 4.79 Å². The largest absolute Gasteiger partial charge is 0.342 e. The van der Waals surface area contributed by atoms with Gasteiger partial charge in [0.2, 0.25) is 11.8 Å². The number of aromatic nitrogens is 2. The van der Waals surface area contributed by atoms with E-state index in [4.69, 9.17) is 10.3 Å². The highest BCUT2D eigenvalue weighted by Gasteiger charge is 2.27. The lowest BCUT2D eigenvalue weighted by molar-refractivity contribution is -0.132. The van der Waals surface area contributed by atoms with Crippen LogP contribution >= 0.6 is 0 Å². The Balaban J connectivity index is 1.76. The summed E-state index contributed by atoms with van der Waals surface area (Å²) < 4.78 is 5.25. The van der Waals surface area contributed by atoms with Gasteiger partial charge in [-0.25, -0.2) is 0 Å². The molecule has 2 heterocycles. The van der Waals surface area contributed by atoms with Crippen LogP contribution in [0.1, 0.15) is 62.6 Å². The number of amides is 1. The predicted molar refractivity (Wildman–Crippen MR) is 79.7 cm³/mol. The molecule has 0 saturated carbocycles. The second-order valence-electron chi connectivity index (χ2n) is 5.81. The molecule has 0 aromatic carbocycles. The monoisotopic (exact) mass is 294 g/mol. The Labute approximate surface area is 126 Å². The number of nitrogens with zero attached hydrogens (tertiary/aromatic N) is 3. The lowest BCUT2D eigenvalue weighted by Gasteiger charge is -2.31. The summed E-state index contributed by atoms with van der Waals surface area (Å²) in [6, 6.07) is 0. The number of carbonyl (C=O) groups excluding carboxylic acids is 1. The van der Waals surface area contributed by atoms with Crippen molar-refractivity contribution in [1.82, 2.24) is 15.0 Å². The van der Waals surface area contributed by atoms with Crippen LogP contribution < -0.4 is 5.73 Å². The van der Waals surface area contributed by atoms with Gasteiger partial charge in [0, 0.05) is 19.5 Å². The Morgan fingerprint density at radius 2 is 2.19 bits per heavy atom. The number of rotatable bonds is 7. The van der Waals surface area contributed by atoms with E-state index in [1.807, 2.05) is 11.8 Å². The molecule has 1 unspecified atom stereocenters. The number of hydrogen-bond donors (Lipinski definition) is 1. The second-order valence-corrected chi connectivity index (χ2v) is 5.81. The Morgan fingerprint density at radius 1 is 1.38 bits per heavy atom. The fraction of sp³-hybridized carbons (Fsp3) is 0.800. The Hall–Kier alpha value is -1.43. The van der Waals surface area contributed by atoms with Crippen molar-refractivity contribution in [2.45, 2.75) is 57.8 Å². The van der Waals surface area contributed by atoms with E-state index in [1.165, 1.54) is 0 Å². The number of aryl methyl sites for hydroxylation is 1. The van der Waals surface area contributed by atoms with Crippen LogP contribution in [-0.2, 0) is 4.79 Å². The van der Waals surface area contributed by atoms with Gasteiger partial charge in [0.1, 0.15) is 0 Å². The third kappa shape index (κ3) is 4.81. The highest BCUT2D eigenvalue weighted by atomic mass is 16.5. The number of piperidine rings is 1. The van der Waals surface area contributed by atoms with Gasteiger partial charge in [0.15, 0.2) is 5.82 Å². The molecule has 118 valence electrons. The van der Waals surface area contributed by atoms with Gasteiger partial charge in [-0.2, -0.15) is 4.98 Å². The molecule has 0 aliphatic carbocycles. The molecule has 1 aromatic heterocycles. The minimum absolute atomic E-state index is 0.196. The normalized spacial score (nSPS) is 19.0. The van der Waals surface area contributed by atoms with Crippen LogP contribution in [-0.4, -0.2) is 40.6 Å². The molecule has 0 spiro atoms. The summed E-state index contributed by atoms with van der Waals surface area (Å²) in [6.07, 6.45) is 6.87. The second kappa shape index (κ2) is 8.12. The van der Waals surface area contributed by atoms with Gasteiger partial charge in [-0.15, -0.1) is 0 Å². The molecule has 1 amide bonds. The number of carbonyl (C=O) groups is 1. The maximum absolute atomic E-state index is 12.2. The van der Waals surface area contributed by atoms with Crippen LogP contribution in [0.3, 0.4) is 0 Å². The molecular formula is C15H26N4O2. The van der Waals surface area contributed by atoms with Crippen molar-refractivity contribution in [3.8, 4) is 0 Å². The minimum atomic E-state index is 0.196. The molecule has 1 fully saturated rings. The molecule has 6 nitrogen and oxygen atoms in total. The molecule has 0 radical (unpaired) electrons. The van der Waals surface area contributed by atoms with E-state index >= 15 is 0 Å². The molecule has 1 aliphatic rings. The Morgan fingerprint density at radius 3 is 2.90 bits per heavy atom. The first-order valence-corrected chi connectivity index (χ1v) is 7.98. The summed E-state index contributed by atoms with van der Waals surface area (Å²) in [5.74, 6) is 1.78. The number of hydrogen-bond acceptors (Lipinski definition) is 5. The van der Waals surface area contributed by atoms with Crippen LogP contribution in [0, 0.1) is 6.92 Å². The van der Waals surface area contributed by atoms with Crippen LogP contribution in [0.15, 0.2) is 4.52 Å². The van der Waals surface area contributed by atoms with E-state index in [2.05, 4.69) is 10.1 Å². The van der Waals surface area contributed by atoms with Crippen molar-refractivity contribution in [2.75, 3.05) is 19.6 Å². The number of nitrogens with two attached hydrogens (primary N) is 1. The third-order valence-electron chi connectivity index (χ3n) is 4.01. The zero-order chi connectivity index (χ0) is 15.1. The third-order valence-corrected chi connectivity index (χ3v) is 4.01. The van der Waals surface area contributed by atoms with Crippen molar-refractivity contribution in [1.29, 1.82) is 0 Å². The van der Waals surface area contributed by atoms with E-state index in [0.29, 0.717) is 24.7 Å². The summed E-state index contributed by atoms with van der Waals surface area (Å²) in [5, 5.41) is 3.84. The molecule has 2 rings (SSSR count). The number of unbranched alkanes of at least 4 members (excludes halogenated alkanes) is 3. The molecule has 1 aromatic rings. The highest BCUT2D eigenvalue weighted by molar-refractivity contribution is 5.76. The predicted octanol–water partition coefficient (Wildman–Crippen LogP) is 1.99. The topological polar surface area (TPSA) is 85.2 Å². The quantitative estimate of drug-likeness (QED) is 0.777. The molecule has 21 heavy (non-hydrogen) atoms. The van der Waals surface area contributed by atoms with Gasteiger partial charge in [-0.1, -0.05) is 18.0 Å². The SMILES string of the molecule is Cc1noc(C2CCCN(C(=O)CCCCCCN)C2)n1. The van der Waals surface area contributed by atoms with Gasteiger partial charge >= 0.3 is 0 Å². The zero-order valence-corrected chi connectivity index (χ0v) is 12.9. The first kappa shape index (κ1) is 15.9. The average Bonchev–Trinajstić information content (AvgIpc) is 2.93. The van der Waals surface area contributed by atoms with E-state index < -0.39 is 0 Å². The Bertz CT molecular complexity index is 447. The molecule has 1 aliphatic heterocycles. The molecule has 6 heteroatoms. The zero-order valence-electron chi connectivity index (χ0n) is 12.9. The van der Waals surface area contributed by atoms with Crippen LogP contribution in [0.2, 0.25) is 0 Å². The maximum Gasteiger partial charge on any atom is 0.231 e. The molecule has 0 bridgehead atoms. The fourth-order valence-electron chi connectivity index (χ4n) is 2.82. The van der Waals surface area contributed by atoms with Gasteiger partial charge < -0.3 is 15.2 Å². The molecular weight excluding hydrogens is 268 g/mol. The van der Waals surface area contributed by atoms with Gasteiger partial charge in [-0.05, 0) is 39.2 Å². The first-order chi connectivity index (χ1) is 10.2. The van der Waals surface area contributed by atoms with E-state index in [0.717, 1.165) is 51.6 Å². The van der Waals surface area contributed by atoms with Crippen molar-refractivity contribution in [3.63, 3.8) is 0 Å². The first-order valence-electron chi connectivity index (χ1n) is 7.98. The van der Waals surface area contributed by atoms with Crippen molar-refractivity contribution in [3.05, 3.63) is 11.7 Å². The molecule has 1 saturated heterocycles.